The van der Waals surface area contributed by atoms with Gasteiger partial charge >= 0.3 is 0 Å². The first kappa shape index (κ1) is 15.3. The van der Waals surface area contributed by atoms with E-state index in [1.54, 1.807) is 0 Å². The smallest absolute Gasteiger partial charge is 0.224 e. The van der Waals surface area contributed by atoms with Crippen molar-refractivity contribution in [2.45, 2.75) is 25.8 Å². The lowest BCUT2D eigenvalue weighted by molar-refractivity contribution is -0.121. The first-order valence-electron chi connectivity index (χ1n) is 8.02. The van der Waals surface area contributed by atoms with Crippen LogP contribution in [0, 0.1) is 0 Å². The van der Waals surface area contributed by atoms with Crippen LogP contribution in [-0.4, -0.2) is 11.9 Å². The Hall–Kier alpha value is -2.61. The minimum absolute atomic E-state index is 0.0731. The molecular weight excluding hydrogens is 282 g/mol. The Morgan fingerprint density at radius 2 is 1.61 bits per heavy atom. The van der Waals surface area contributed by atoms with Crippen LogP contribution in [0.25, 0.3) is 10.8 Å². The van der Waals surface area contributed by atoms with Gasteiger partial charge in [0.1, 0.15) is 0 Å². The number of fused-ring (bicyclic) bond motifs is 1. The SMILES string of the molecule is CC(Cc1cccc2ccccc12)NC(=O)Cc1ccccc1. The first-order chi connectivity index (χ1) is 11.2. The van der Waals surface area contributed by atoms with Crippen LogP contribution in [-0.2, 0) is 17.6 Å². The second-order valence-electron chi connectivity index (χ2n) is 5.97. The molecule has 0 spiro atoms. The summed E-state index contributed by atoms with van der Waals surface area (Å²) in [5, 5.41) is 5.61. The lowest BCUT2D eigenvalue weighted by Gasteiger charge is -2.15. The van der Waals surface area contributed by atoms with Gasteiger partial charge in [0.25, 0.3) is 0 Å². The maximum Gasteiger partial charge on any atom is 0.224 e. The summed E-state index contributed by atoms with van der Waals surface area (Å²) in [4.78, 5) is 12.2. The minimum atomic E-state index is 0.0731. The number of carbonyl (C=O) groups is 1. The van der Waals surface area contributed by atoms with Crippen LogP contribution in [0.1, 0.15) is 18.1 Å². The van der Waals surface area contributed by atoms with Gasteiger partial charge in [0.2, 0.25) is 5.91 Å². The van der Waals surface area contributed by atoms with E-state index >= 15 is 0 Å². The molecule has 1 amide bonds. The molecule has 0 aromatic heterocycles. The van der Waals surface area contributed by atoms with Crippen molar-refractivity contribution in [2.75, 3.05) is 0 Å². The lowest BCUT2D eigenvalue weighted by atomic mass is 9.99. The van der Waals surface area contributed by atoms with Crippen LogP contribution in [0.2, 0.25) is 0 Å². The van der Waals surface area contributed by atoms with Crippen LogP contribution in [0.5, 0.6) is 0 Å². The zero-order valence-electron chi connectivity index (χ0n) is 13.3. The van der Waals surface area contributed by atoms with Crippen molar-refractivity contribution in [2.24, 2.45) is 0 Å². The van der Waals surface area contributed by atoms with E-state index in [0.29, 0.717) is 6.42 Å². The van der Waals surface area contributed by atoms with E-state index < -0.39 is 0 Å². The second kappa shape index (κ2) is 7.10. The molecule has 3 rings (SSSR count). The third-order valence-electron chi connectivity index (χ3n) is 4.02. The maximum atomic E-state index is 12.2. The highest BCUT2D eigenvalue weighted by molar-refractivity contribution is 5.85. The molecule has 0 radical (unpaired) electrons. The fourth-order valence-corrected chi connectivity index (χ4v) is 2.96. The molecule has 0 fully saturated rings. The molecule has 116 valence electrons. The van der Waals surface area contributed by atoms with Gasteiger partial charge in [0.15, 0.2) is 0 Å². The molecule has 0 heterocycles. The molecule has 0 aliphatic rings. The molecule has 3 aromatic carbocycles. The van der Waals surface area contributed by atoms with Crippen molar-refractivity contribution >= 4 is 16.7 Å². The predicted octanol–water partition coefficient (Wildman–Crippen LogP) is 4.13. The molecule has 0 saturated heterocycles. The van der Waals surface area contributed by atoms with Gasteiger partial charge in [-0.1, -0.05) is 72.8 Å². The number of hydrogen-bond donors (Lipinski definition) is 1. The van der Waals surface area contributed by atoms with Crippen molar-refractivity contribution < 1.29 is 4.79 Å². The lowest BCUT2D eigenvalue weighted by Crippen LogP contribution is -2.35. The Labute approximate surface area is 137 Å². The van der Waals surface area contributed by atoms with Gasteiger partial charge < -0.3 is 5.32 Å². The molecule has 0 saturated carbocycles. The van der Waals surface area contributed by atoms with Gasteiger partial charge in [-0.2, -0.15) is 0 Å². The Morgan fingerprint density at radius 1 is 0.913 bits per heavy atom. The molecule has 23 heavy (non-hydrogen) atoms. The monoisotopic (exact) mass is 303 g/mol. The highest BCUT2D eigenvalue weighted by Crippen LogP contribution is 2.19. The third kappa shape index (κ3) is 3.98. The van der Waals surface area contributed by atoms with Gasteiger partial charge in [-0.05, 0) is 35.2 Å². The fraction of sp³-hybridized carbons (Fsp3) is 0.190. The summed E-state index contributed by atoms with van der Waals surface area (Å²) >= 11 is 0. The van der Waals surface area contributed by atoms with Crippen molar-refractivity contribution in [1.29, 1.82) is 0 Å². The second-order valence-corrected chi connectivity index (χ2v) is 5.97. The highest BCUT2D eigenvalue weighted by atomic mass is 16.1. The number of benzene rings is 3. The van der Waals surface area contributed by atoms with Crippen molar-refractivity contribution in [1.82, 2.24) is 5.32 Å². The average Bonchev–Trinajstić information content (AvgIpc) is 2.56. The summed E-state index contributed by atoms with van der Waals surface area (Å²) in [7, 11) is 0. The molecule has 2 nitrogen and oxygen atoms in total. The van der Waals surface area contributed by atoms with Crippen LogP contribution in [0.3, 0.4) is 0 Å². The van der Waals surface area contributed by atoms with Crippen LogP contribution < -0.4 is 5.32 Å². The predicted molar refractivity (Wildman–Crippen MR) is 95.4 cm³/mol. The van der Waals surface area contributed by atoms with Gasteiger partial charge in [0.05, 0.1) is 6.42 Å². The first-order valence-corrected chi connectivity index (χ1v) is 8.02. The summed E-state index contributed by atoms with van der Waals surface area (Å²) in [6.45, 7) is 2.06. The van der Waals surface area contributed by atoms with E-state index in [1.807, 2.05) is 30.3 Å². The Balaban J connectivity index is 1.64. The van der Waals surface area contributed by atoms with Gasteiger partial charge in [0, 0.05) is 6.04 Å². The highest BCUT2D eigenvalue weighted by Gasteiger charge is 2.10. The Morgan fingerprint density at radius 3 is 2.43 bits per heavy atom. The molecule has 0 aliphatic heterocycles. The van der Waals surface area contributed by atoms with Gasteiger partial charge in [-0.3, -0.25) is 4.79 Å². The summed E-state index contributed by atoms with van der Waals surface area (Å²) in [6, 6.07) is 24.7. The van der Waals surface area contributed by atoms with Crippen molar-refractivity contribution in [3.8, 4) is 0 Å². The van der Waals surface area contributed by atoms with E-state index in [4.69, 9.17) is 0 Å². The third-order valence-corrected chi connectivity index (χ3v) is 4.02. The number of amides is 1. The van der Waals surface area contributed by atoms with E-state index in [1.165, 1.54) is 16.3 Å². The van der Waals surface area contributed by atoms with Crippen molar-refractivity contribution in [3.05, 3.63) is 83.9 Å². The molecule has 1 N–H and O–H groups in total. The summed E-state index contributed by atoms with van der Waals surface area (Å²) < 4.78 is 0. The van der Waals surface area contributed by atoms with Crippen LogP contribution in [0.15, 0.2) is 72.8 Å². The number of nitrogens with one attached hydrogen (secondary N) is 1. The zero-order chi connectivity index (χ0) is 16.1. The van der Waals surface area contributed by atoms with E-state index in [2.05, 4.69) is 54.7 Å². The van der Waals surface area contributed by atoms with E-state index in [0.717, 1.165) is 12.0 Å². The average molecular weight is 303 g/mol. The standard InChI is InChI=1S/C21H21NO/c1-16(22-21(23)15-17-8-3-2-4-9-17)14-19-12-7-11-18-10-5-6-13-20(18)19/h2-13,16H,14-15H2,1H3,(H,22,23). The maximum absolute atomic E-state index is 12.2. The largest absolute Gasteiger partial charge is 0.353 e. The quantitative estimate of drug-likeness (QED) is 0.754. The summed E-state index contributed by atoms with van der Waals surface area (Å²) in [5.74, 6) is 0.0731. The molecule has 1 unspecified atom stereocenters. The molecule has 1 atom stereocenters. The Bertz CT molecular complexity index is 790. The van der Waals surface area contributed by atoms with E-state index in [9.17, 15) is 4.79 Å². The molecular formula is C21H21NO. The molecule has 3 aromatic rings. The summed E-state index contributed by atoms with van der Waals surface area (Å²) in [6.07, 6.45) is 1.27. The normalized spacial score (nSPS) is 12.0. The molecule has 0 bridgehead atoms. The van der Waals surface area contributed by atoms with Crippen molar-refractivity contribution in [3.63, 3.8) is 0 Å². The number of carbonyl (C=O) groups excluding carboxylic acids is 1. The zero-order valence-corrected chi connectivity index (χ0v) is 13.3. The number of rotatable bonds is 5. The topological polar surface area (TPSA) is 29.1 Å². The van der Waals surface area contributed by atoms with E-state index in [-0.39, 0.29) is 11.9 Å². The minimum Gasteiger partial charge on any atom is -0.353 e. The Kier molecular flexibility index (Phi) is 4.72. The van der Waals surface area contributed by atoms with Crippen LogP contribution >= 0.6 is 0 Å². The number of hydrogen-bond acceptors (Lipinski definition) is 1. The molecule has 2 heteroatoms. The van der Waals surface area contributed by atoms with Crippen LogP contribution in [0.4, 0.5) is 0 Å². The summed E-state index contributed by atoms with van der Waals surface area (Å²) in [5.41, 5.74) is 2.32. The van der Waals surface area contributed by atoms with Gasteiger partial charge in [-0.15, -0.1) is 0 Å². The fourth-order valence-electron chi connectivity index (χ4n) is 2.96. The molecule has 0 aliphatic carbocycles. The van der Waals surface area contributed by atoms with Gasteiger partial charge in [-0.25, -0.2) is 0 Å².